The van der Waals surface area contributed by atoms with Crippen molar-refractivity contribution < 1.29 is 15.0 Å². The minimum atomic E-state index is -0.909. The summed E-state index contributed by atoms with van der Waals surface area (Å²) in [7, 11) is 0. The van der Waals surface area contributed by atoms with E-state index in [0.717, 1.165) is 24.2 Å². The Morgan fingerprint density at radius 2 is 2.27 bits per heavy atom. The van der Waals surface area contributed by atoms with Crippen LogP contribution in [0.5, 0.6) is 0 Å². The number of carboxylic acid groups (broad SMARTS) is 1. The molecule has 1 aromatic rings. The molecule has 80 valence electrons. The largest absolute Gasteiger partial charge is 0.478 e. The van der Waals surface area contributed by atoms with Crippen LogP contribution in [0.25, 0.3) is 0 Å². The number of nitrogens with zero attached hydrogens (tertiary/aromatic N) is 1. The quantitative estimate of drug-likeness (QED) is 0.767. The van der Waals surface area contributed by atoms with E-state index in [1.165, 1.54) is 0 Å². The maximum Gasteiger partial charge on any atom is 0.335 e. The number of hydrogen-bond acceptors (Lipinski definition) is 3. The van der Waals surface area contributed by atoms with Gasteiger partial charge in [0.2, 0.25) is 0 Å². The van der Waals surface area contributed by atoms with Gasteiger partial charge in [-0.05, 0) is 24.1 Å². The van der Waals surface area contributed by atoms with Crippen LogP contribution in [0.15, 0.2) is 18.2 Å². The van der Waals surface area contributed by atoms with E-state index in [1.54, 1.807) is 12.1 Å². The first-order chi connectivity index (χ1) is 7.22. The van der Waals surface area contributed by atoms with Crippen molar-refractivity contribution in [2.24, 2.45) is 0 Å². The first kappa shape index (κ1) is 9.98. The van der Waals surface area contributed by atoms with Gasteiger partial charge in [0.25, 0.3) is 0 Å². The number of aliphatic hydroxyl groups excluding tert-OH is 1. The molecule has 0 saturated carbocycles. The first-order valence-electron chi connectivity index (χ1n) is 4.94. The molecule has 0 saturated heterocycles. The van der Waals surface area contributed by atoms with Gasteiger partial charge in [-0.15, -0.1) is 0 Å². The van der Waals surface area contributed by atoms with E-state index in [0.29, 0.717) is 12.1 Å². The summed E-state index contributed by atoms with van der Waals surface area (Å²) in [4.78, 5) is 12.8. The molecule has 4 heteroatoms. The van der Waals surface area contributed by atoms with Crippen LogP contribution in [0.1, 0.15) is 15.9 Å². The fourth-order valence-electron chi connectivity index (χ4n) is 1.93. The summed E-state index contributed by atoms with van der Waals surface area (Å²) < 4.78 is 0. The van der Waals surface area contributed by atoms with E-state index in [1.807, 2.05) is 11.0 Å². The van der Waals surface area contributed by atoms with Gasteiger partial charge in [0, 0.05) is 18.8 Å². The Labute approximate surface area is 87.8 Å². The summed E-state index contributed by atoms with van der Waals surface area (Å²) in [5, 5.41) is 17.7. The van der Waals surface area contributed by atoms with Gasteiger partial charge in [0.05, 0.1) is 12.2 Å². The molecular formula is C11H13NO3. The van der Waals surface area contributed by atoms with Gasteiger partial charge in [-0.2, -0.15) is 0 Å². The van der Waals surface area contributed by atoms with Gasteiger partial charge >= 0.3 is 5.97 Å². The minimum Gasteiger partial charge on any atom is -0.478 e. The molecule has 4 nitrogen and oxygen atoms in total. The number of benzene rings is 1. The van der Waals surface area contributed by atoms with Gasteiger partial charge in [-0.1, -0.05) is 6.07 Å². The van der Waals surface area contributed by atoms with Crippen LogP contribution < -0.4 is 4.90 Å². The third kappa shape index (κ3) is 1.80. The number of β-amino-alcohol motifs (C(OH)–C–C–N with tert-alkyl or cyclic N) is 1. The standard InChI is InChI=1S/C11H13NO3/c13-6-5-12-4-3-8-1-2-9(11(14)15)7-10(8)12/h1-2,7,13H,3-6H2,(H,14,15). The van der Waals surface area contributed by atoms with Gasteiger partial charge in [-0.3, -0.25) is 0 Å². The molecule has 0 atom stereocenters. The summed E-state index contributed by atoms with van der Waals surface area (Å²) in [5.41, 5.74) is 2.41. The zero-order valence-electron chi connectivity index (χ0n) is 8.31. The number of aliphatic hydroxyl groups is 1. The molecule has 0 amide bonds. The van der Waals surface area contributed by atoms with E-state index < -0.39 is 5.97 Å². The van der Waals surface area contributed by atoms with Crippen LogP contribution in [-0.2, 0) is 6.42 Å². The number of fused-ring (bicyclic) bond motifs is 1. The van der Waals surface area contributed by atoms with Crippen molar-refractivity contribution in [2.45, 2.75) is 6.42 Å². The van der Waals surface area contributed by atoms with Crippen LogP contribution in [0, 0.1) is 0 Å². The van der Waals surface area contributed by atoms with Gasteiger partial charge in [0.1, 0.15) is 0 Å². The highest BCUT2D eigenvalue weighted by Crippen LogP contribution is 2.28. The topological polar surface area (TPSA) is 60.8 Å². The number of aromatic carboxylic acids is 1. The normalized spacial score (nSPS) is 14.1. The Morgan fingerprint density at radius 3 is 2.93 bits per heavy atom. The third-order valence-electron chi connectivity index (χ3n) is 2.69. The first-order valence-corrected chi connectivity index (χ1v) is 4.94. The molecule has 1 aliphatic rings. The number of rotatable bonds is 3. The molecule has 15 heavy (non-hydrogen) atoms. The number of hydrogen-bond donors (Lipinski definition) is 2. The van der Waals surface area contributed by atoms with Crippen LogP contribution >= 0.6 is 0 Å². The van der Waals surface area contributed by atoms with Crippen LogP contribution in [0.4, 0.5) is 5.69 Å². The molecule has 0 bridgehead atoms. The summed E-state index contributed by atoms with van der Waals surface area (Å²) in [6, 6.07) is 5.17. The highest BCUT2D eigenvalue weighted by molar-refractivity contribution is 5.89. The predicted octanol–water partition coefficient (Wildman–Crippen LogP) is 0.740. The van der Waals surface area contributed by atoms with Crippen molar-refractivity contribution in [3.63, 3.8) is 0 Å². The van der Waals surface area contributed by atoms with Crippen LogP contribution in [0.3, 0.4) is 0 Å². The Balaban J connectivity index is 2.33. The molecule has 1 aliphatic heterocycles. The number of carbonyl (C=O) groups is 1. The molecule has 2 rings (SSSR count). The van der Waals surface area contributed by atoms with Crippen molar-refractivity contribution in [3.05, 3.63) is 29.3 Å². The average Bonchev–Trinajstić information content (AvgIpc) is 2.61. The van der Waals surface area contributed by atoms with Gasteiger partial charge in [0.15, 0.2) is 0 Å². The zero-order valence-corrected chi connectivity index (χ0v) is 8.31. The van der Waals surface area contributed by atoms with E-state index in [4.69, 9.17) is 10.2 Å². The van der Waals surface area contributed by atoms with E-state index in [9.17, 15) is 4.79 Å². The monoisotopic (exact) mass is 207 g/mol. The Hall–Kier alpha value is -1.55. The molecule has 0 spiro atoms. The highest BCUT2D eigenvalue weighted by Gasteiger charge is 2.19. The lowest BCUT2D eigenvalue weighted by Crippen LogP contribution is -2.24. The molecule has 0 fully saturated rings. The van der Waals surface area contributed by atoms with Crippen molar-refractivity contribution in [3.8, 4) is 0 Å². The van der Waals surface area contributed by atoms with E-state index >= 15 is 0 Å². The lowest BCUT2D eigenvalue weighted by Gasteiger charge is -2.17. The van der Waals surface area contributed by atoms with Gasteiger partial charge < -0.3 is 15.1 Å². The molecule has 0 radical (unpaired) electrons. The van der Waals surface area contributed by atoms with E-state index in [2.05, 4.69) is 0 Å². The number of carboxylic acids is 1. The predicted molar refractivity (Wildman–Crippen MR) is 56.4 cm³/mol. The van der Waals surface area contributed by atoms with Crippen molar-refractivity contribution >= 4 is 11.7 Å². The van der Waals surface area contributed by atoms with Crippen molar-refractivity contribution in [1.82, 2.24) is 0 Å². The van der Waals surface area contributed by atoms with Crippen molar-refractivity contribution in [1.29, 1.82) is 0 Å². The maximum absolute atomic E-state index is 10.8. The lowest BCUT2D eigenvalue weighted by atomic mass is 10.1. The fraction of sp³-hybridized carbons (Fsp3) is 0.364. The minimum absolute atomic E-state index is 0.0940. The molecule has 2 N–H and O–H groups in total. The second-order valence-corrected chi connectivity index (χ2v) is 3.61. The van der Waals surface area contributed by atoms with Gasteiger partial charge in [-0.25, -0.2) is 4.79 Å². The Kier molecular flexibility index (Phi) is 2.60. The molecule has 0 aromatic heterocycles. The highest BCUT2D eigenvalue weighted by atomic mass is 16.4. The van der Waals surface area contributed by atoms with E-state index in [-0.39, 0.29) is 6.61 Å². The smallest absolute Gasteiger partial charge is 0.335 e. The summed E-state index contributed by atoms with van der Waals surface area (Å²) in [6.45, 7) is 1.52. The fourth-order valence-corrected chi connectivity index (χ4v) is 1.93. The third-order valence-corrected chi connectivity index (χ3v) is 2.69. The summed E-state index contributed by atoms with van der Waals surface area (Å²) in [6.07, 6.45) is 0.926. The molecule has 1 heterocycles. The molecular weight excluding hydrogens is 194 g/mol. The lowest BCUT2D eigenvalue weighted by molar-refractivity contribution is 0.0697. The molecule has 0 aliphatic carbocycles. The Bertz CT molecular complexity index is 387. The Morgan fingerprint density at radius 1 is 1.47 bits per heavy atom. The van der Waals surface area contributed by atoms with Crippen molar-refractivity contribution in [2.75, 3.05) is 24.6 Å². The zero-order chi connectivity index (χ0) is 10.8. The second kappa shape index (κ2) is 3.90. The maximum atomic E-state index is 10.8. The number of anilines is 1. The van der Waals surface area contributed by atoms with Crippen LogP contribution in [-0.4, -0.2) is 35.9 Å². The average molecular weight is 207 g/mol. The molecule has 0 unspecified atom stereocenters. The second-order valence-electron chi connectivity index (χ2n) is 3.61. The summed E-state index contributed by atoms with van der Waals surface area (Å²) >= 11 is 0. The SMILES string of the molecule is O=C(O)c1ccc2c(c1)N(CCO)CC2. The molecule has 1 aromatic carbocycles. The summed E-state index contributed by atoms with van der Waals surface area (Å²) in [5.74, 6) is -0.909. The van der Waals surface area contributed by atoms with Crippen LogP contribution in [0.2, 0.25) is 0 Å².